The van der Waals surface area contributed by atoms with Gasteiger partial charge in [-0.15, -0.1) is 0 Å². The van der Waals surface area contributed by atoms with Crippen molar-refractivity contribution in [1.29, 1.82) is 0 Å². The van der Waals surface area contributed by atoms with E-state index in [-0.39, 0.29) is 10.8 Å². The minimum atomic E-state index is 0.244. The highest BCUT2D eigenvalue weighted by atomic mass is 16.5. The quantitative estimate of drug-likeness (QED) is 0.231. The molecule has 1 aliphatic carbocycles. The Bertz CT molecular complexity index is 1120. The number of methoxy groups -OCH3 is 3. The van der Waals surface area contributed by atoms with Gasteiger partial charge in [0.1, 0.15) is 17.3 Å². The summed E-state index contributed by atoms with van der Waals surface area (Å²) in [5.41, 5.74) is 8.18. The molecule has 0 aromatic heterocycles. The number of aryl methyl sites for hydroxylation is 2. The van der Waals surface area contributed by atoms with Gasteiger partial charge in [0.15, 0.2) is 0 Å². The molecule has 0 saturated heterocycles. The molecule has 0 spiro atoms. The summed E-state index contributed by atoms with van der Waals surface area (Å²) in [5, 5.41) is 0. The smallest absolute Gasteiger partial charge is 0.126 e. The predicted molar refractivity (Wildman–Crippen MR) is 163 cm³/mol. The molecule has 0 bridgehead atoms. The zero-order valence-corrected chi connectivity index (χ0v) is 26.0. The van der Waals surface area contributed by atoms with Crippen LogP contribution in [0.3, 0.4) is 0 Å². The molecule has 1 atom stereocenters. The van der Waals surface area contributed by atoms with Crippen LogP contribution in [0.15, 0.2) is 54.3 Å². The van der Waals surface area contributed by atoms with Crippen LogP contribution in [0.4, 0.5) is 0 Å². The van der Waals surface area contributed by atoms with Crippen LogP contribution >= 0.6 is 0 Å². The zero-order chi connectivity index (χ0) is 28.7. The Kier molecular flexibility index (Phi) is 11.1. The van der Waals surface area contributed by atoms with E-state index in [9.17, 15) is 0 Å². The monoisotopic (exact) mass is 520 g/mol. The standard InChI is InChI=1S/C33H46O3.C2H6/c1-22(11-12-25-13-14-28-29(20-25)33(6,7)16-15-32(28,4)5)17-30(35-9)24(3)19-27-23(2)18-26(34-8)21-31(27)36-10;1-2/h13-14,17-18,20-22H,3,11-12,15-16,19H2,1-2,4-10H3;1-2H3/b30-17-;. The fraction of sp³-hybridized carbons (Fsp3) is 0.543. The van der Waals surface area contributed by atoms with Crippen molar-refractivity contribution in [2.24, 2.45) is 5.92 Å². The molecule has 38 heavy (non-hydrogen) atoms. The van der Waals surface area contributed by atoms with Crippen molar-refractivity contribution < 1.29 is 14.2 Å². The first-order chi connectivity index (χ1) is 17.9. The highest BCUT2D eigenvalue weighted by molar-refractivity contribution is 5.49. The summed E-state index contributed by atoms with van der Waals surface area (Å²) < 4.78 is 16.8. The fourth-order valence-electron chi connectivity index (χ4n) is 5.44. The highest BCUT2D eigenvalue weighted by Crippen LogP contribution is 2.46. The molecule has 1 aliphatic rings. The van der Waals surface area contributed by atoms with E-state index in [0.29, 0.717) is 12.3 Å². The Hall–Kier alpha value is -2.68. The summed E-state index contributed by atoms with van der Waals surface area (Å²) in [6.45, 7) is 22.2. The zero-order valence-electron chi connectivity index (χ0n) is 26.0. The first kappa shape index (κ1) is 31.5. The second-order valence-electron chi connectivity index (χ2n) is 11.8. The Morgan fingerprint density at radius 1 is 0.947 bits per heavy atom. The molecule has 0 saturated carbocycles. The lowest BCUT2D eigenvalue weighted by molar-refractivity contribution is 0.294. The van der Waals surface area contributed by atoms with Crippen LogP contribution in [-0.4, -0.2) is 21.3 Å². The second kappa shape index (κ2) is 13.4. The lowest BCUT2D eigenvalue weighted by atomic mass is 9.63. The first-order valence-electron chi connectivity index (χ1n) is 14.2. The summed E-state index contributed by atoms with van der Waals surface area (Å²) >= 11 is 0. The molecule has 0 N–H and O–H groups in total. The summed E-state index contributed by atoms with van der Waals surface area (Å²) in [7, 11) is 5.10. The molecule has 2 aromatic rings. The van der Waals surface area contributed by atoms with Gasteiger partial charge < -0.3 is 14.2 Å². The highest BCUT2D eigenvalue weighted by Gasteiger charge is 2.36. The van der Waals surface area contributed by atoms with Crippen LogP contribution in [0.25, 0.3) is 0 Å². The van der Waals surface area contributed by atoms with Crippen molar-refractivity contribution >= 4 is 0 Å². The Morgan fingerprint density at radius 2 is 1.58 bits per heavy atom. The van der Waals surface area contributed by atoms with Crippen LogP contribution in [0.2, 0.25) is 0 Å². The number of benzene rings is 2. The molecule has 0 aliphatic heterocycles. The van der Waals surface area contributed by atoms with E-state index in [0.717, 1.165) is 46.8 Å². The normalized spacial score (nSPS) is 16.4. The SMILES string of the molecule is C=C(Cc1c(C)cc(OC)cc1OC)/C(=C/C(C)CCc1ccc2c(c1)C(C)(C)CCC2(C)C)OC.CC. The van der Waals surface area contributed by atoms with Gasteiger partial charge in [-0.2, -0.15) is 0 Å². The average molecular weight is 521 g/mol. The molecular formula is C35H52O3. The van der Waals surface area contributed by atoms with Crippen LogP contribution in [0.1, 0.15) is 95.5 Å². The third-order valence-corrected chi connectivity index (χ3v) is 8.06. The van der Waals surface area contributed by atoms with Gasteiger partial charge in [0.05, 0.1) is 21.3 Å². The first-order valence-corrected chi connectivity index (χ1v) is 14.2. The van der Waals surface area contributed by atoms with Crippen LogP contribution in [0, 0.1) is 12.8 Å². The topological polar surface area (TPSA) is 27.7 Å². The van der Waals surface area contributed by atoms with Gasteiger partial charge in [0.2, 0.25) is 0 Å². The largest absolute Gasteiger partial charge is 0.497 e. The summed E-state index contributed by atoms with van der Waals surface area (Å²) in [5.74, 6) is 2.84. The maximum Gasteiger partial charge on any atom is 0.126 e. The second-order valence-corrected chi connectivity index (χ2v) is 11.8. The van der Waals surface area contributed by atoms with Crippen LogP contribution in [-0.2, 0) is 28.4 Å². The van der Waals surface area contributed by atoms with E-state index in [1.165, 1.54) is 29.5 Å². The molecule has 210 valence electrons. The van der Waals surface area contributed by atoms with E-state index < -0.39 is 0 Å². The van der Waals surface area contributed by atoms with Gasteiger partial charge in [0, 0.05) is 18.1 Å². The summed E-state index contributed by atoms with van der Waals surface area (Å²) in [4.78, 5) is 0. The summed E-state index contributed by atoms with van der Waals surface area (Å²) in [6.07, 6.45) is 7.50. The Morgan fingerprint density at radius 3 is 2.16 bits per heavy atom. The third kappa shape index (κ3) is 7.46. The van der Waals surface area contributed by atoms with E-state index in [1.54, 1.807) is 21.3 Å². The lowest BCUT2D eigenvalue weighted by Gasteiger charge is -2.42. The van der Waals surface area contributed by atoms with Gasteiger partial charge in [-0.25, -0.2) is 0 Å². The minimum absolute atomic E-state index is 0.244. The van der Waals surface area contributed by atoms with Crippen molar-refractivity contribution in [3.63, 3.8) is 0 Å². The predicted octanol–water partition coefficient (Wildman–Crippen LogP) is 9.29. The van der Waals surface area contributed by atoms with Crippen molar-refractivity contribution in [1.82, 2.24) is 0 Å². The number of rotatable bonds is 10. The van der Waals surface area contributed by atoms with Gasteiger partial charge in [0.25, 0.3) is 0 Å². The number of allylic oxidation sites excluding steroid dienone is 2. The third-order valence-electron chi connectivity index (χ3n) is 8.06. The Balaban J connectivity index is 0.00000247. The lowest BCUT2D eigenvalue weighted by Crippen LogP contribution is -2.33. The van der Waals surface area contributed by atoms with Gasteiger partial charge in [-0.3, -0.25) is 0 Å². The number of fused-ring (bicyclic) bond motifs is 1. The van der Waals surface area contributed by atoms with Crippen LogP contribution < -0.4 is 9.47 Å². The van der Waals surface area contributed by atoms with E-state index >= 15 is 0 Å². The van der Waals surface area contributed by atoms with Crippen molar-refractivity contribution in [3.05, 3.63) is 82.1 Å². The average Bonchev–Trinajstić information content (AvgIpc) is 2.90. The number of hydrogen-bond acceptors (Lipinski definition) is 3. The molecule has 0 heterocycles. The molecular weight excluding hydrogens is 468 g/mol. The maximum atomic E-state index is 5.79. The molecule has 0 radical (unpaired) electrons. The molecule has 3 heteroatoms. The van der Waals surface area contributed by atoms with E-state index in [1.807, 2.05) is 26.0 Å². The fourth-order valence-corrected chi connectivity index (χ4v) is 5.44. The minimum Gasteiger partial charge on any atom is -0.497 e. The van der Waals surface area contributed by atoms with Gasteiger partial charge in [-0.1, -0.05) is 73.2 Å². The van der Waals surface area contributed by atoms with E-state index in [2.05, 4.69) is 72.4 Å². The molecule has 0 amide bonds. The number of hydrogen-bond donors (Lipinski definition) is 0. The van der Waals surface area contributed by atoms with E-state index in [4.69, 9.17) is 14.2 Å². The van der Waals surface area contributed by atoms with Gasteiger partial charge >= 0.3 is 0 Å². The molecule has 2 aromatic carbocycles. The van der Waals surface area contributed by atoms with Crippen molar-refractivity contribution in [2.45, 2.75) is 98.3 Å². The molecule has 3 rings (SSSR count). The van der Waals surface area contributed by atoms with Crippen molar-refractivity contribution in [3.8, 4) is 11.5 Å². The van der Waals surface area contributed by atoms with Gasteiger partial charge in [-0.05, 0) is 89.3 Å². The van der Waals surface area contributed by atoms with Crippen LogP contribution in [0.5, 0.6) is 11.5 Å². The molecule has 1 unspecified atom stereocenters. The summed E-state index contributed by atoms with van der Waals surface area (Å²) in [6, 6.07) is 11.2. The van der Waals surface area contributed by atoms with Crippen molar-refractivity contribution in [2.75, 3.05) is 21.3 Å². The Labute approximate surface area is 233 Å². The molecule has 3 nitrogen and oxygen atoms in total. The number of ether oxygens (including phenoxy) is 3. The molecule has 0 fully saturated rings. The maximum absolute atomic E-state index is 5.79.